The Hall–Kier alpha value is -2.48. The third-order valence-electron chi connectivity index (χ3n) is 2.66. The predicted octanol–water partition coefficient (Wildman–Crippen LogP) is 1.12. The van der Waals surface area contributed by atoms with Crippen LogP contribution in [0.2, 0.25) is 0 Å². The minimum atomic E-state index is -0.139. The molecule has 0 aliphatic carbocycles. The fourth-order valence-corrected chi connectivity index (χ4v) is 2.33. The number of methoxy groups -OCH3 is 1. The molecule has 1 amide bonds. The van der Waals surface area contributed by atoms with Crippen LogP contribution in [0.3, 0.4) is 0 Å². The summed E-state index contributed by atoms with van der Waals surface area (Å²) >= 11 is 1.39. The molecule has 102 valence electrons. The molecule has 3 heterocycles. The average Bonchev–Trinajstić information content (AvgIpc) is 3.13. The van der Waals surface area contributed by atoms with Gasteiger partial charge >= 0.3 is 0 Å². The van der Waals surface area contributed by atoms with Gasteiger partial charge in [-0.3, -0.25) is 4.79 Å². The highest BCUT2D eigenvalue weighted by molar-refractivity contribution is 7.12. The number of amides is 1. The Labute approximate surface area is 118 Å². The van der Waals surface area contributed by atoms with Crippen molar-refractivity contribution in [1.29, 1.82) is 0 Å². The quantitative estimate of drug-likeness (QED) is 0.778. The minimum Gasteiger partial charge on any atom is -0.480 e. The van der Waals surface area contributed by atoms with Gasteiger partial charge in [-0.1, -0.05) is 6.07 Å². The van der Waals surface area contributed by atoms with E-state index in [1.165, 1.54) is 18.4 Å². The highest BCUT2D eigenvalue weighted by Crippen LogP contribution is 2.10. The standard InChI is InChI=1S/C12H11N5O2S/c1-19-11-5-4-9-14-15-10(17(9)16-11)7-13-12(18)8-3-2-6-20-8/h2-6H,7H2,1H3,(H,13,18). The topological polar surface area (TPSA) is 81.4 Å². The van der Waals surface area contributed by atoms with Crippen molar-refractivity contribution in [3.8, 4) is 5.88 Å². The van der Waals surface area contributed by atoms with Crippen LogP contribution in [-0.2, 0) is 6.54 Å². The molecule has 3 aromatic rings. The normalized spacial score (nSPS) is 10.7. The molecule has 0 radical (unpaired) electrons. The van der Waals surface area contributed by atoms with E-state index in [2.05, 4.69) is 20.6 Å². The van der Waals surface area contributed by atoms with E-state index in [1.807, 2.05) is 11.4 Å². The second kappa shape index (κ2) is 5.25. The number of hydrogen-bond donors (Lipinski definition) is 1. The molecule has 0 bridgehead atoms. The van der Waals surface area contributed by atoms with Crippen molar-refractivity contribution in [1.82, 2.24) is 25.1 Å². The van der Waals surface area contributed by atoms with Gasteiger partial charge in [0.2, 0.25) is 5.88 Å². The first-order valence-corrected chi connectivity index (χ1v) is 6.73. The lowest BCUT2D eigenvalue weighted by molar-refractivity contribution is 0.0953. The van der Waals surface area contributed by atoms with E-state index < -0.39 is 0 Å². The fourth-order valence-electron chi connectivity index (χ4n) is 1.69. The maximum atomic E-state index is 11.9. The van der Waals surface area contributed by atoms with Gasteiger partial charge < -0.3 is 10.1 Å². The molecule has 0 unspecified atom stereocenters. The molecule has 3 rings (SSSR count). The number of fused-ring (bicyclic) bond motifs is 1. The summed E-state index contributed by atoms with van der Waals surface area (Å²) in [5.74, 6) is 0.867. The molecule has 8 heteroatoms. The zero-order valence-electron chi connectivity index (χ0n) is 10.6. The first kappa shape index (κ1) is 12.5. The molecule has 7 nitrogen and oxygen atoms in total. The summed E-state index contributed by atoms with van der Waals surface area (Å²) in [6.07, 6.45) is 0. The maximum absolute atomic E-state index is 11.9. The fraction of sp³-hybridized carbons (Fsp3) is 0.167. The van der Waals surface area contributed by atoms with Gasteiger partial charge in [0.15, 0.2) is 11.5 Å². The van der Waals surface area contributed by atoms with Crippen molar-refractivity contribution in [3.63, 3.8) is 0 Å². The molecule has 0 atom stereocenters. The van der Waals surface area contributed by atoms with Crippen LogP contribution in [0, 0.1) is 0 Å². The molecule has 0 aliphatic heterocycles. The Morgan fingerprint density at radius 1 is 1.40 bits per heavy atom. The highest BCUT2D eigenvalue weighted by Gasteiger charge is 2.11. The molecule has 0 saturated heterocycles. The van der Waals surface area contributed by atoms with Gasteiger partial charge in [-0.2, -0.15) is 4.52 Å². The molecule has 3 aromatic heterocycles. The summed E-state index contributed by atoms with van der Waals surface area (Å²) in [5.41, 5.74) is 0.603. The zero-order chi connectivity index (χ0) is 13.9. The van der Waals surface area contributed by atoms with Crippen molar-refractivity contribution in [2.24, 2.45) is 0 Å². The van der Waals surface area contributed by atoms with Crippen molar-refractivity contribution < 1.29 is 9.53 Å². The van der Waals surface area contributed by atoms with E-state index in [-0.39, 0.29) is 12.5 Å². The van der Waals surface area contributed by atoms with Gasteiger partial charge in [-0.25, -0.2) is 0 Å². The van der Waals surface area contributed by atoms with E-state index in [1.54, 1.807) is 22.7 Å². The number of thiophene rings is 1. The molecule has 0 aliphatic rings. The maximum Gasteiger partial charge on any atom is 0.261 e. The van der Waals surface area contributed by atoms with Crippen molar-refractivity contribution in [3.05, 3.63) is 40.3 Å². The number of carbonyl (C=O) groups is 1. The number of nitrogens with one attached hydrogen (secondary N) is 1. The van der Waals surface area contributed by atoms with Crippen LogP contribution in [0.4, 0.5) is 0 Å². The number of carbonyl (C=O) groups excluding carboxylic acids is 1. The minimum absolute atomic E-state index is 0.139. The molecule has 0 saturated carbocycles. The van der Waals surface area contributed by atoms with Crippen molar-refractivity contribution >= 4 is 22.9 Å². The number of hydrogen-bond acceptors (Lipinski definition) is 6. The van der Waals surface area contributed by atoms with Gasteiger partial charge in [-0.15, -0.1) is 26.6 Å². The Morgan fingerprint density at radius 2 is 2.30 bits per heavy atom. The largest absolute Gasteiger partial charge is 0.480 e. The Morgan fingerprint density at radius 3 is 3.05 bits per heavy atom. The van der Waals surface area contributed by atoms with Gasteiger partial charge in [0.25, 0.3) is 5.91 Å². The summed E-state index contributed by atoms with van der Waals surface area (Å²) in [4.78, 5) is 12.5. The molecule has 0 spiro atoms. The Bertz CT molecular complexity index is 737. The average molecular weight is 289 g/mol. The summed E-state index contributed by atoms with van der Waals surface area (Å²) in [5, 5.41) is 16.8. The van der Waals surface area contributed by atoms with Gasteiger partial charge in [-0.05, 0) is 17.5 Å². The molecule has 1 N–H and O–H groups in total. The van der Waals surface area contributed by atoms with E-state index in [0.717, 1.165) is 0 Å². The lowest BCUT2D eigenvalue weighted by Gasteiger charge is -2.03. The van der Waals surface area contributed by atoms with Crippen LogP contribution >= 0.6 is 11.3 Å². The van der Waals surface area contributed by atoms with Crippen LogP contribution in [0.5, 0.6) is 5.88 Å². The molecule has 20 heavy (non-hydrogen) atoms. The van der Waals surface area contributed by atoms with Crippen LogP contribution in [-0.4, -0.2) is 32.8 Å². The van der Waals surface area contributed by atoms with Crippen LogP contribution in [0.25, 0.3) is 5.65 Å². The summed E-state index contributed by atoms with van der Waals surface area (Å²) in [6.45, 7) is 0.248. The predicted molar refractivity (Wildman–Crippen MR) is 72.8 cm³/mol. The van der Waals surface area contributed by atoms with Crippen LogP contribution < -0.4 is 10.1 Å². The first-order valence-electron chi connectivity index (χ1n) is 5.85. The highest BCUT2D eigenvalue weighted by atomic mass is 32.1. The van der Waals surface area contributed by atoms with Gasteiger partial charge in [0.1, 0.15) is 0 Å². The Kier molecular flexibility index (Phi) is 3.30. The summed E-state index contributed by atoms with van der Waals surface area (Å²) < 4.78 is 6.61. The third kappa shape index (κ3) is 2.32. The van der Waals surface area contributed by atoms with Gasteiger partial charge in [0.05, 0.1) is 18.5 Å². The number of aromatic nitrogens is 4. The number of rotatable bonds is 4. The summed E-state index contributed by atoms with van der Waals surface area (Å²) in [6, 6.07) is 7.06. The number of nitrogens with zero attached hydrogens (tertiary/aromatic N) is 4. The van der Waals surface area contributed by atoms with E-state index in [0.29, 0.717) is 22.2 Å². The third-order valence-corrected chi connectivity index (χ3v) is 3.53. The van der Waals surface area contributed by atoms with E-state index in [4.69, 9.17) is 4.74 Å². The molecular formula is C12H11N5O2S. The zero-order valence-corrected chi connectivity index (χ0v) is 11.4. The van der Waals surface area contributed by atoms with Crippen LogP contribution in [0.15, 0.2) is 29.6 Å². The SMILES string of the molecule is COc1ccc2nnc(CNC(=O)c3cccs3)n2n1. The molecule has 0 aromatic carbocycles. The lowest BCUT2D eigenvalue weighted by atomic mass is 10.4. The van der Waals surface area contributed by atoms with E-state index >= 15 is 0 Å². The summed E-state index contributed by atoms with van der Waals surface area (Å²) in [7, 11) is 1.54. The lowest BCUT2D eigenvalue weighted by Crippen LogP contribution is -2.23. The monoisotopic (exact) mass is 289 g/mol. The second-order valence-electron chi connectivity index (χ2n) is 3.92. The number of ether oxygens (including phenoxy) is 1. The van der Waals surface area contributed by atoms with E-state index in [9.17, 15) is 4.79 Å². The van der Waals surface area contributed by atoms with Crippen molar-refractivity contribution in [2.75, 3.05) is 7.11 Å². The molecule has 0 fully saturated rings. The van der Waals surface area contributed by atoms with Gasteiger partial charge in [0, 0.05) is 6.07 Å². The van der Waals surface area contributed by atoms with Crippen LogP contribution in [0.1, 0.15) is 15.5 Å². The van der Waals surface area contributed by atoms with Crippen molar-refractivity contribution in [2.45, 2.75) is 6.54 Å². The molecular weight excluding hydrogens is 278 g/mol. The first-order chi connectivity index (χ1) is 9.78. The smallest absolute Gasteiger partial charge is 0.261 e. The second-order valence-corrected chi connectivity index (χ2v) is 4.87. The Balaban J connectivity index is 1.79.